The van der Waals surface area contributed by atoms with E-state index < -0.39 is 0 Å². The van der Waals surface area contributed by atoms with E-state index in [4.69, 9.17) is 0 Å². The molecule has 1 saturated heterocycles. The molecule has 1 aromatic carbocycles. The van der Waals surface area contributed by atoms with Gasteiger partial charge in [-0.2, -0.15) is 0 Å². The van der Waals surface area contributed by atoms with Crippen molar-refractivity contribution in [2.75, 3.05) is 33.2 Å². The highest BCUT2D eigenvalue weighted by molar-refractivity contribution is 5.94. The van der Waals surface area contributed by atoms with E-state index in [0.29, 0.717) is 5.92 Å². The van der Waals surface area contributed by atoms with Gasteiger partial charge in [-0.3, -0.25) is 4.79 Å². The van der Waals surface area contributed by atoms with Gasteiger partial charge in [0.05, 0.1) is 0 Å². The number of benzene rings is 1. The van der Waals surface area contributed by atoms with Crippen molar-refractivity contribution >= 4 is 5.91 Å². The Morgan fingerprint density at radius 3 is 2.53 bits per heavy atom. The van der Waals surface area contributed by atoms with Crippen LogP contribution in [-0.4, -0.2) is 48.9 Å². The highest BCUT2D eigenvalue weighted by atomic mass is 16.2. The van der Waals surface area contributed by atoms with Gasteiger partial charge in [-0.25, -0.2) is 0 Å². The zero-order valence-electron chi connectivity index (χ0n) is 12.2. The summed E-state index contributed by atoms with van der Waals surface area (Å²) in [6.45, 7) is 8.02. The number of hydrogen-bond donors (Lipinski definition) is 0. The highest BCUT2D eigenvalue weighted by Crippen LogP contribution is 2.13. The van der Waals surface area contributed by atoms with Crippen molar-refractivity contribution in [3.05, 3.63) is 35.4 Å². The summed E-state index contributed by atoms with van der Waals surface area (Å²) >= 11 is 0. The quantitative estimate of drug-likeness (QED) is 0.832. The molecule has 1 aliphatic rings. The first-order valence-electron chi connectivity index (χ1n) is 7.13. The summed E-state index contributed by atoms with van der Waals surface area (Å²) in [5.74, 6) is 0.799. The first kappa shape index (κ1) is 14.1. The summed E-state index contributed by atoms with van der Waals surface area (Å²) < 4.78 is 0. The number of carbonyl (C=O) groups excluding carboxylic acids is 1. The molecular weight excluding hydrogens is 236 g/mol. The molecule has 3 nitrogen and oxygen atoms in total. The van der Waals surface area contributed by atoms with Gasteiger partial charge in [-0.05, 0) is 37.1 Å². The largest absolute Gasteiger partial charge is 0.336 e. The van der Waals surface area contributed by atoms with E-state index in [0.717, 1.165) is 38.2 Å². The monoisotopic (exact) mass is 260 g/mol. The van der Waals surface area contributed by atoms with Crippen LogP contribution in [0.15, 0.2) is 24.3 Å². The number of hydrogen-bond acceptors (Lipinski definition) is 2. The average molecular weight is 260 g/mol. The first-order chi connectivity index (χ1) is 9.06. The second-order valence-electron chi connectivity index (χ2n) is 5.89. The lowest BCUT2D eigenvalue weighted by molar-refractivity contribution is 0.0664. The van der Waals surface area contributed by atoms with Gasteiger partial charge in [0.15, 0.2) is 0 Å². The molecule has 1 aliphatic heterocycles. The fourth-order valence-electron chi connectivity index (χ4n) is 2.49. The Balaban J connectivity index is 2.06. The van der Waals surface area contributed by atoms with Crippen LogP contribution in [0.3, 0.4) is 0 Å². The summed E-state index contributed by atoms with van der Waals surface area (Å²) in [7, 11) is 2.10. The van der Waals surface area contributed by atoms with Crippen molar-refractivity contribution < 1.29 is 4.79 Å². The Morgan fingerprint density at radius 1 is 1.21 bits per heavy atom. The second-order valence-corrected chi connectivity index (χ2v) is 5.89. The number of rotatable bonds is 3. The molecule has 1 heterocycles. The van der Waals surface area contributed by atoms with Crippen LogP contribution in [0.2, 0.25) is 0 Å². The maximum Gasteiger partial charge on any atom is 0.253 e. The maximum atomic E-state index is 12.5. The fraction of sp³-hybridized carbons (Fsp3) is 0.562. The fourth-order valence-corrected chi connectivity index (χ4v) is 2.49. The van der Waals surface area contributed by atoms with Gasteiger partial charge in [0, 0.05) is 31.7 Å². The molecule has 0 spiro atoms. The van der Waals surface area contributed by atoms with Crippen LogP contribution in [0, 0.1) is 5.92 Å². The Bertz CT molecular complexity index is 434. The van der Waals surface area contributed by atoms with E-state index >= 15 is 0 Å². The summed E-state index contributed by atoms with van der Waals surface area (Å²) in [5.41, 5.74) is 2.10. The van der Waals surface area contributed by atoms with Gasteiger partial charge in [-0.1, -0.05) is 26.0 Å². The number of nitrogens with zero attached hydrogens (tertiary/aromatic N) is 2. The highest BCUT2D eigenvalue weighted by Gasteiger charge is 2.20. The van der Waals surface area contributed by atoms with Gasteiger partial charge in [0.1, 0.15) is 0 Å². The van der Waals surface area contributed by atoms with Crippen LogP contribution in [0.25, 0.3) is 0 Å². The van der Waals surface area contributed by atoms with E-state index in [1.807, 2.05) is 17.0 Å². The normalized spacial score (nSPS) is 16.9. The van der Waals surface area contributed by atoms with E-state index in [-0.39, 0.29) is 5.91 Å². The average Bonchev–Trinajstić information content (AvgIpc) is 2.38. The molecule has 0 bridgehead atoms. The maximum absolute atomic E-state index is 12.5. The van der Waals surface area contributed by atoms with E-state index in [9.17, 15) is 4.79 Å². The van der Waals surface area contributed by atoms with Crippen LogP contribution in [0.4, 0.5) is 0 Å². The topological polar surface area (TPSA) is 23.6 Å². The molecule has 2 rings (SSSR count). The minimum atomic E-state index is 0.179. The van der Waals surface area contributed by atoms with Gasteiger partial charge in [0.25, 0.3) is 5.91 Å². The molecule has 19 heavy (non-hydrogen) atoms. The van der Waals surface area contributed by atoms with Gasteiger partial charge in [0.2, 0.25) is 0 Å². The molecule has 0 N–H and O–H groups in total. The summed E-state index contributed by atoms with van der Waals surface area (Å²) in [4.78, 5) is 16.7. The Hall–Kier alpha value is -1.35. The summed E-state index contributed by atoms with van der Waals surface area (Å²) in [5, 5.41) is 0. The molecule has 1 fully saturated rings. The van der Waals surface area contributed by atoms with Gasteiger partial charge in [-0.15, -0.1) is 0 Å². The zero-order chi connectivity index (χ0) is 13.8. The van der Waals surface area contributed by atoms with Crippen LogP contribution in [0.5, 0.6) is 0 Å². The predicted octanol–water partition coefficient (Wildman–Crippen LogP) is 2.27. The molecule has 0 unspecified atom stereocenters. The molecule has 3 heteroatoms. The van der Waals surface area contributed by atoms with Crippen LogP contribution >= 0.6 is 0 Å². The van der Waals surface area contributed by atoms with Crippen molar-refractivity contribution in [2.45, 2.75) is 20.3 Å². The van der Waals surface area contributed by atoms with Crippen molar-refractivity contribution in [2.24, 2.45) is 5.92 Å². The van der Waals surface area contributed by atoms with Crippen molar-refractivity contribution in [1.82, 2.24) is 9.80 Å². The molecule has 1 amide bonds. The summed E-state index contributed by atoms with van der Waals surface area (Å²) in [6, 6.07) is 8.10. The third-order valence-electron chi connectivity index (χ3n) is 3.61. The molecule has 0 radical (unpaired) electrons. The molecule has 1 aromatic rings. The smallest absolute Gasteiger partial charge is 0.253 e. The van der Waals surface area contributed by atoms with Crippen LogP contribution < -0.4 is 0 Å². The lowest BCUT2D eigenvalue weighted by atomic mass is 10.0. The number of likely N-dealkylation sites (N-methyl/N-ethyl adjacent to an activating group) is 1. The van der Waals surface area contributed by atoms with E-state index in [2.05, 4.69) is 37.9 Å². The van der Waals surface area contributed by atoms with Gasteiger partial charge < -0.3 is 9.80 Å². The van der Waals surface area contributed by atoms with E-state index in [1.165, 1.54) is 5.56 Å². The SMILES string of the molecule is CC(C)Cc1cccc(C(=O)N2CCN(C)CC2)c1. The molecule has 0 atom stereocenters. The van der Waals surface area contributed by atoms with Crippen molar-refractivity contribution in [3.8, 4) is 0 Å². The molecule has 104 valence electrons. The third-order valence-corrected chi connectivity index (χ3v) is 3.61. The summed E-state index contributed by atoms with van der Waals surface area (Å²) in [6.07, 6.45) is 1.03. The number of amides is 1. The predicted molar refractivity (Wildman–Crippen MR) is 78.4 cm³/mol. The number of carbonyl (C=O) groups is 1. The minimum Gasteiger partial charge on any atom is -0.336 e. The Labute approximate surface area is 116 Å². The van der Waals surface area contributed by atoms with Crippen LogP contribution in [0.1, 0.15) is 29.8 Å². The second kappa shape index (κ2) is 6.20. The van der Waals surface area contributed by atoms with Crippen molar-refractivity contribution in [1.29, 1.82) is 0 Å². The zero-order valence-corrected chi connectivity index (χ0v) is 12.2. The molecule has 0 aliphatic carbocycles. The Kier molecular flexibility index (Phi) is 4.59. The van der Waals surface area contributed by atoms with Crippen LogP contribution in [-0.2, 0) is 6.42 Å². The minimum absolute atomic E-state index is 0.179. The molecule has 0 saturated carbocycles. The number of piperazine rings is 1. The Morgan fingerprint density at radius 2 is 1.89 bits per heavy atom. The molecule has 0 aromatic heterocycles. The van der Waals surface area contributed by atoms with E-state index in [1.54, 1.807) is 0 Å². The molecular formula is C16H24N2O. The van der Waals surface area contributed by atoms with Crippen molar-refractivity contribution in [3.63, 3.8) is 0 Å². The standard InChI is InChI=1S/C16H24N2O/c1-13(2)11-14-5-4-6-15(12-14)16(19)18-9-7-17(3)8-10-18/h4-6,12-13H,7-11H2,1-3H3. The lowest BCUT2D eigenvalue weighted by Gasteiger charge is -2.32. The lowest BCUT2D eigenvalue weighted by Crippen LogP contribution is -2.47. The van der Waals surface area contributed by atoms with Gasteiger partial charge >= 0.3 is 0 Å². The third kappa shape index (κ3) is 3.80. The first-order valence-corrected chi connectivity index (χ1v) is 7.13.